The number of halogens is 1. The summed E-state index contributed by atoms with van der Waals surface area (Å²) in [5.74, 6) is 0.897. The second-order valence-electron chi connectivity index (χ2n) is 4.94. The van der Waals surface area contributed by atoms with Crippen LogP contribution in [0.25, 0.3) is 0 Å². The third-order valence-electron chi connectivity index (χ3n) is 2.90. The van der Waals surface area contributed by atoms with E-state index in [9.17, 15) is 0 Å². The van der Waals surface area contributed by atoms with Crippen LogP contribution in [0.5, 0.6) is 5.75 Å². The van der Waals surface area contributed by atoms with Crippen molar-refractivity contribution in [2.24, 2.45) is 0 Å². The molecule has 4 nitrogen and oxygen atoms in total. The maximum Gasteiger partial charge on any atom is 0.119 e. The van der Waals surface area contributed by atoms with E-state index in [1.807, 2.05) is 22.9 Å². The Balaban J connectivity index is 1.89. The summed E-state index contributed by atoms with van der Waals surface area (Å²) in [5, 5.41) is 3.41. The SMILES string of the molecule is CC(C)NCc1cc(OCCn2ccnc2)ccc1Br. The maximum atomic E-state index is 5.78. The highest BCUT2D eigenvalue weighted by Crippen LogP contribution is 2.22. The molecule has 1 heterocycles. The van der Waals surface area contributed by atoms with Gasteiger partial charge in [-0.05, 0) is 23.8 Å². The molecular weight excluding hydrogens is 318 g/mol. The smallest absolute Gasteiger partial charge is 0.119 e. The Kier molecular flexibility index (Phi) is 5.61. The lowest BCUT2D eigenvalue weighted by atomic mass is 10.2. The van der Waals surface area contributed by atoms with Gasteiger partial charge in [0.25, 0.3) is 0 Å². The summed E-state index contributed by atoms with van der Waals surface area (Å²) in [5.41, 5.74) is 1.21. The molecule has 20 heavy (non-hydrogen) atoms. The third-order valence-corrected chi connectivity index (χ3v) is 3.67. The summed E-state index contributed by atoms with van der Waals surface area (Å²) in [6.45, 7) is 6.54. The monoisotopic (exact) mass is 337 g/mol. The molecule has 0 saturated heterocycles. The maximum absolute atomic E-state index is 5.78. The van der Waals surface area contributed by atoms with Crippen molar-refractivity contribution in [3.8, 4) is 5.75 Å². The van der Waals surface area contributed by atoms with Gasteiger partial charge in [-0.15, -0.1) is 0 Å². The topological polar surface area (TPSA) is 39.1 Å². The fourth-order valence-electron chi connectivity index (χ4n) is 1.78. The Morgan fingerprint density at radius 2 is 2.25 bits per heavy atom. The van der Waals surface area contributed by atoms with Crippen molar-refractivity contribution in [2.45, 2.75) is 33.0 Å². The second-order valence-corrected chi connectivity index (χ2v) is 5.79. The van der Waals surface area contributed by atoms with E-state index in [-0.39, 0.29) is 0 Å². The lowest BCUT2D eigenvalue weighted by Crippen LogP contribution is -2.22. The summed E-state index contributed by atoms with van der Waals surface area (Å²) >= 11 is 3.57. The van der Waals surface area contributed by atoms with Gasteiger partial charge < -0.3 is 14.6 Å². The molecular formula is C15H20BrN3O. The summed E-state index contributed by atoms with van der Waals surface area (Å²) in [6.07, 6.45) is 5.50. The van der Waals surface area contributed by atoms with Crippen LogP contribution in [0.2, 0.25) is 0 Å². The number of hydrogen-bond donors (Lipinski definition) is 1. The summed E-state index contributed by atoms with van der Waals surface area (Å²) in [6, 6.07) is 6.56. The number of ether oxygens (including phenoxy) is 1. The fraction of sp³-hybridized carbons (Fsp3) is 0.400. The van der Waals surface area contributed by atoms with Crippen LogP contribution in [-0.2, 0) is 13.1 Å². The van der Waals surface area contributed by atoms with Gasteiger partial charge in [0, 0.05) is 29.5 Å². The Labute approximate surface area is 128 Å². The van der Waals surface area contributed by atoms with Crippen LogP contribution in [0.1, 0.15) is 19.4 Å². The van der Waals surface area contributed by atoms with Crippen LogP contribution in [-0.4, -0.2) is 22.2 Å². The standard InChI is InChI=1S/C15H20BrN3O/c1-12(2)18-10-13-9-14(3-4-15(13)16)20-8-7-19-6-5-17-11-19/h3-6,9,11-12,18H,7-8,10H2,1-2H3. The first kappa shape index (κ1) is 15.1. The molecule has 2 aromatic rings. The van der Waals surface area contributed by atoms with E-state index in [2.05, 4.69) is 46.1 Å². The summed E-state index contributed by atoms with van der Waals surface area (Å²) < 4.78 is 8.89. The van der Waals surface area contributed by atoms with Gasteiger partial charge in [-0.3, -0.25) is 0 Å². The van der Waals surface area contributed by atoms with Gasteiger partial charge in [0.05, 0.1) is 12.9 Å². The molecule has 0 saturated carbocycles. The lowest BCUT2D eigenvalue weighted by molar-refractivity contribution is 0.298. The fourth-order valence-corrected chi connectivity index (χ4v) is 2.17. The van der Waals surface area contributed by atoms with Crippen LogP contribution in [0.3, 0.4) is 0 Å². The Morgan fingerprint density at radius 3 is 2.95 bits per heavy atom. The van der Waals surface area contributed by atoms with Gasteiger partial charge in [0.2, 0.25) is 0 Å². The normalized spacial score (nSPS) is 11.0. The van der Waals surface area contributed by atoms with Crippen molar-refractivity contribution < 1.29 is 4.74 Å². The zero-order valence-corrected chi connectivity index (χ0v) is 13.4. The van der Waals surface area contributed by atoms with E-state index < -0.39 is 0 Å². The van der Waals surface area contributed by atoms with E-state index in [0.29, 0.717) is 12.6 Å². The van der Waals surface area contributed by atoms with Gasteiger partial charge >= 0.3 is 0 Å². The Morgan fingerprint density at radius 1 is 1.40 bits per heavy atom. The lowest BCUT2D eigenvalue weighted by Gasteiger charge is -2.12. The molecule has 0 spiro atoms. The highest BCUT2D eigenvalue weighted by molar-refractivity contribution is 9.10. The predicted molar refractivity (Wildman–Crippen MR) is 83.8 cm³/mol. The van der Waals surface area contributed by atoms with Gasteiger partial charge in [-0.1, -0.05) is 29.8 Å². The molecule has 108 valence electrons. The van der Waals surface area contributed by atoms with Crippen molar-refractivity contribution in [3.05, 3.63) is 47.0 Å². The Hall–Kier alpha value is -1.33. The number of rotatable bonds is 7. The molecule has 0 aliphatic carbocycles. The summed E-state index contributed by atoms with van der Waals surface area (Å²) in [7, 11) is 0. The average molecular weight is 338 g/mol. The number of benzene rings is 1. The molecule has 2 rings (SSSR count). The number of nitrogens with zero attached hydrogens (tertiary/aromatic N) is 2. The van der Waals surface area contributed by atoms with E-state index >= 15 is 0 Å². The van der Waals surface area contributed by atoms with Gasteiger partial charge in [0.15, 0.2) is 0 Å². The molecule has 1 N–H and O–H groups in total. The molecule has 0 aliphatic heterocycles. The van der Waals surface area contributed by atoms with Crippen LogP contribution in [0.15, 0.2) is 41.4 Å². The zero-order chi connectivity index (χ0) is 14.4. The number of hydrogen-bond acceptors (Lipinski definition) is 3. The van der Waals surface area contributed by atoms with Gasteiger partial charge in [0.1, 0.15) is 12.4 Å². The van der Waals surface area contributed by atoms with Crippen molar-refractivity contribution in [1.82, 2.24) is 14.9 Å². The van der Waals surface area contributed by atoms with Crippen LogP contribution in [0.4, 0.5) is 0 Å². The average Bonchev–Trinajstić information content (AvgIpc) is 2.92. The molecule has 0 fully saturated rings. The molecule has 0 atom stereocenters. The van der Waals surface area contributed by atoms with Gasteiger partial charge in [-0.25, -0.2) is 4.98 Å². The van der Waals surface area contributed by atoms with E-state index in [0.717, 1.165) is 23.3 Å². The van der Waals surface area contributed by atoms with Crippen LogP contribution < -0.4 is 10.1 Å². The molecule has 5 heteroatoms. The van der Waals surface area contributed by atoms with Crippen molar-refractivity contribution in [2.75, 3.05) is 6.61 Å². The highest BCUT2D eigenvalue weighted by atomic mass is 79.9. The van der Waals surface area contributed by atoms with Crippen molar-refractivity contribution in [3.63, 3.8) is 0 Å². The van der Waals surface area contributed by atoms with E-state index in [4.69, 9.17) is 4.74 Å². The number of nitrogens with one attached hydrogen (secondary N) is 1. The molecule has 1 aromatic heterocycles. The summed E-state index contributed by atoms with van der Waals surface area (Å²) in [4.78, 5) is 4.01. The van der Waals surface area contributed by atoms with Crippen LogP contribution in [0, 0.1) is 0 Å². The van der Waals surface area contributed by atoms with Crippen LogP contribution >= 0.6 is 15.9 Å². The first-order chi connectivity index (χ1) is 9.65. The van der Waals surface area contributed by atoms with Gasteiger partial charge in [-0.2, -0.15) is 0 Å². The first-order valence-corrected chi connectivity index (χ1v) is 7.55. The van der Waals surface area contributed by atoms with Crippen molar-refractivity contribution >= 4 is 15.9 Å². The predicted octanol–water partition coefficient (Wildman–Crippen LogP) is 3.22. The zero-order valence-electron chi connectivity index (χ0n) is 11.8. The highest BCUT2D eigenvalue weighted by Gasteiger charge is 2.04. The minimum Gasteiger partial charge on any atom is -0.492 e. The molecule has 0 unspecified atom stereocenters. The molecule has 0 aliphatic rings. The minimum atomic E-state index is 0.465. The second kappa shape index (κ2) is 7.45. The molecule has 1 aromatic carbocycles. The molecule has 0 amide bonds. The first-order valence-electron chi connectivity index (χ1n) is 6.75. The minimum absolute atomic E-state index is 0.465. The van der Waals surface area contributed by atoms with E-state index in [1.54, 1.807) is 12.5 Å². The van der Waals surface area contributed by atoms with Crippen molar-refractivity contribution in [1.29, 1.82) is 0 Å². The largest absolute Gasteiger partial charge is 0.492 e. The quantitative estimate of drug-likeness (QED) is 0.843. The number of aromatic nitrogens is 2. The van der Waals surface area contributed by atoms with E-state index in [1.165, 1.54) is 5.56 Å². The Bertz CT molecular complexity index is 526. The molecule has 0 bridgehead atoms. The third kappa shape index (κ3) is 4.65. The number of imidazole rings is 1. The molecule has 0 radical (unpaired) electrons.